The van der Waals surface area contributed by atoms with E-state index in [1.807, 2.05) is 30.3 Å². The standard InChI is InChI=1S/C23H20N4O5/c1-3-32-21-11-9-15(13-19(21)27(29)30)23(28)26-18-12-14(8-10-20(18)31-2)22-24-16-6-4-5-7-17(16)25-22/h4-13H,3H2,1-2H3,(H,24,25)(H,26,28). The second-order valence-electron chi connectivity index (χ2n) is 6.84. The van der Waals surface area contributed by atoms with Crippen molar-refractivity contribution in [2.24, 2.45) is 0 Å². The number of nitro groups is 1. The average Bonchev–Trinajstić information content (AvgIpc) is 3.23. The molecule has 9 nitrogen and oxygen atoms in total. The van der Waals surface area contributed by atoms with Crippen LogP contribution in [-0.2, 0) is 0 Å². The van der Waals surface area contributed by atoms with Crippen LogP contribution in [0.25, 0.3) is 22.4 Å². The van der Waals surface area contributed by atoms with Gasteiger partial charge < -0.3 is 19.8 Å². The number of anilines is 1. The van der Waals surface area contributed by atoms with E-state index in [2.05, 4.69) is 15.3 Å². The molecule has 32 heavy (non-hydrogen) atoms. The average molecular weight is 432 g/mol. The highest BCUT2D eigenvalue weighted by atomic mass is 16.6. The predicted octanol–water partition coefficient (Wildman–Crippen LogP) is 4.80. The third-order valence-electron chi connectivity index (χ3n) is 4.83. The first kappa shape index (κ1) is 20.9. The summed E-state index contributed by atoms with van der Waals surface area (Å²) in [5.41, 5.74) is 2.72. The number of H-pyrrole nitrogens is 1. The van der Waals surface area contributed by atoms with Gasteiger partial charge in [-0.3, -0.25) is 14.9 Å². The lowest BCUT2D eigenvalue weighted by Gasteiger charge is -2.12. The van der Waals surface area contributed by atoms with Crippen molar-refractivity contribution in [1.82, 2.24) is 9.97 Å². The number of carbonyl (C=O) groups excluding carboxylic acids is 1. The zero-order valence-corrected chi connectivity index (χ0v) is 17.4. The number of para-hydroxylation sites is 2. The summed E-state index contributed by atoms with van der Waals surface area (Å²) in [6.07, 6.45) is 0. The fourth-order valence-electron chi connectivity index (χ4n) is 3.32. The minimum absolute atomic E-state index is 0.110. The normalized spacial score (nSPS) is 10.7. The maximum atomic E-state index is 12.9. The number of methoxy groups -OCH3 is 1. The SMILES string of the molecule is CCOc1ccc(C(=O)Nc2cc(-c3nc4ccccc4[nH]3)ccc2OC)cc1[N+](=O)[O-]. The van der Waals surface area contributed by atoms with E-state index in [9.17, 15) is 14.9 Å². The molecule has 0 saturated heterocycles. The van der Waals surface area contributed by atoms with Crippen molar-refractivity contribution in [3.8, 4) is 22.9 Å². The van der Waals surface area contributed by atoms with Gasteiger partial charge in [0.2, 0.25) is 0 Å². The van der Waals surface area contributed by atoms with Crippen LogP contribution in [0.3, 0.4) is 0 Å². The van der Waals surface area contributed by atoms with Crippen molar-refractivity contribution >= 4 is 28.3 Å². The number of carbonyl (C=O) groups is 1. The van der Waals surface area contributed by atoms with Crippen LogP contribution >= 0.6 is 0 Å². The van der Waals surface area contributed by atoms with Gasteiger partial charge in [-0.1, -0.05) is 12.1 Å². The van der Waals surface area contributed by atoms with Crippen LogP contribution in [0.2, 0.25) is 0 Å². The summed E-state index contributed by atoms with van der Waals surface area (Å²) in [5, 5.41) is 14.1. The molecule has 0 aliphatic carbocycles. The Hall–Kier alpha value is -4.40. The molecule has 1 aromatic heterocycles. The van der Waals surface area contributed by atoms with Gasteiger partial charge in [-0.05, 0) is 49.4 Å². The number of hydrogen-bond acceptors (Lipinski definition) is 6. The van der Waals surface area contributed by atoms with Crippen LogP contribution in [0.4, 0.5) is 11.4 Å². The Morgan fingerprint density at radius 1 is 1.12 bits per heavy atom. The van der Waals surface area contributed by atoms with Crippen molar-refractivity contribution in [2.45, 2.75) is 6.92 Å². The number of amides is 1. The van der Waals surface area contributed by atoms with Crippen molar-refractivity contribution in [3.05, 3.63) is 76.3 Å². The Morgan fingerprint density at radius 2 is 1.91 bits per heavy atom. The Morgan fingerprint density at radius 3 is 2.62 bits per heavy atom. The number of ether oxygens (including phenoxy) is 2. The summed E-state index contributed by atoms with van der Waals surface area (Å²) in [6.45, 7) is 2.00. The van der Waals surface area contributed by atoms with Crippen molar-refractivity contribution in [1.29, 1.82) is 0 Å². The molecule has 4 rings (SSSR count). The predicted molar refractivity (Wildman–Crippen MR) is 120 cm³/mol. The largest absolute Gasteiger partial charge is 0.495 e. The molecule has 3 aromatic carbocycles. The molecule has 0 spiro atoms. The van der Waals surface area contributed by atoms with Gasteiger partial charge in [0.1, 0.15) is 11.6 Å². The molecular weight excluding hydrogens is 412 g/mol. The third-order valence-corrected chi connectivity index (χ3v) is 4.83. The number of nitro benzene ring substituents is 1. The number of aromatic nitrogens is 2. The van der Waals surface area contributed by atoms with E-state index in [1.54, 1.807) is 19.1 Å². The first-order valence-corrected chi connectivity index (χ1v) is 9.86. The first-order valence-electron chi connectivity index (χ1n) is 9.86. The van der Waals surface area contributed by atoms with Crippen molar-refractivity contribution < 1.29 is 19.2 Å². The molecule has 0 aliphatic heterocycles. The van der Waals surface area contributed by atoms with Gasteiger partial charge in [0.05, 0.1) is 35.4 Å². The molecule has 0 fully saturated rings. The quantitative estimate of drug-likeness (QED) is 0.320. The van der Waals surface area contributed by atoms with Gasteiger partial charge in [0.25, 0.3) is 5.91 Å². The Bertz CT molecular complexity index is 1280. The van der Waals surface area contributed by atoms with Crippen LogP contribution in [0.15, 0.2) is 60.7 Å². The van der Waals surface area contributed by atoms with Gasteiger partial charge in [-0.15, -0.1) is 0 Å². The fourth-order valence-corrected chi connectivity index (χ4v) is 3.32. The molecule has 1 heterocycles. The summed E-state index contributed by atoms with van der Waals surface area (Å²) < 4.78 is 10.6. The maximum absolute atomic E-state index is 12.9. The molecule has 0 atom stereocenters. The van der Waals surface area contributed by atoms with Gasteiger partial charge in [0.15, 0.2) is 5.75 Å². The molecule has 4 aromatic rings. The Kier molecular flexibility index (Phi) is 5.71. The van der Waals surface area contributed by atoms with Gasteiger partial charge in [0, 0.05) is 17.2 Å². The second-order valence-corrected chi connectivity index (χ2v) is 6.84. The number of benzene rings is 3. The minimum atomic E-state index is -0.579. The molecular formula is C23H20N4O5. The van der Waals surface area contributed by atoms with Crippen LogP contribution in [0.5, 0.6) is 11.5 Å². The topological polar surface area (TPSA) is 119 Å². The molecule has 9 heteroatoms. The molecule has 0 bridgehead atoms. The van der Waals surface area contributed by atoms with Gasteiger partial charge in [-0.25, -0.2) is 4.98 Å². The Balaban J connectivity index is 1.66. The molecule has 2 N–H and O–H groups in total. The maximum Gasteiger partial charge on any atom is 0.311 e. The van der Waals surface area contributed by atoms with Crippen molar-refractivity contribution in [2.75, 3.05) is 19.0 Å². The third kappa shape index (κ3) is 4.08. The molecule has 0 saturated carbocycles. The molecule has 0 aliphatic rings. The monoisotopic (exact) mass is 432 g/mol. The lowest BCUT2D eigenvalue weighted by Crippen LogP contribution is -2.13. The highest BCUT2D eigenvalue weighted by Crippen LogP contribution is 2.32. The molecule has 0 radical (unpaired) electrons. The van der Waals surface area contributed by atoms with E-state index in [4.69, 9.17) is 9.47 Å². The smallest absolute Gasteiger partial charge is 0.311 e. The lowest BCUT2D eigenvalue weighted by molar-refractivity contribution is -0.385. The summed E-state index contributed by atoms with van der Waals surface area (Å²) in [4.78, 5) is 31.5. The number of fused-ring (bicyclic) bond motifs is 1. The van der Waals surface area contributed by atoms with E-state index in [0.717, 1.165) is 16.6 Å². The number of hydrogen-bond donors (Lipinski definition) is 2. The number of rotatable bonds is 7. The van der Waals surface area contributed by atoms with Crippen LogP contribution in [0.1, 0.15) is 17.3 Å². The summed E-state index contributed by atoms with van der Waals surface area (Å²) >= 11 is 0. The number of nitrogens with zero attached hydrogens (tertiary/aromatic N) is 2. The summed E-state index contributed by atoms with van der Waals surface area (Å²) in [5.74, 6) is 0.675. The van der Waals surface area contributed by atoms with Crippen molar-refractivity contribution in [3.63, 3.8) is 0 Å². The van der Waals surface area contributed by atoms with E-state index in [0.29, 0.717) is 17.3 Å². The highest BCUT2D eigenvalue weighted by molar-refractivity contribution is 6.06. The van der Waals surface area contributed by atoms with E-state index < -0.39 is 10.8 Å². The lowest BCUT2D eigenvalue weighted by atomic mass is 10.1. The molecule has 162 valence electrons. The van der Waals surface area contributed by atoms with Crippen LogP contribution in [-0.4, -0.2) is 34.5 Å². The van der Waals surface area contributed by atoms with Crippen LogP contribution in [0, 0.1) is 10.1 Å². The number of aromatic amines is 1. The van der Waals surface area contributed by atoms with E-state index >= 15 is 0 Å². The highest BCUT2D eigenvalue weighted by Gasteiger charge is 2.20. The minimum Gasteiger partial charge on any atom is -0.495 e. The first-order chi connectivity index (χ1) is 15.5. The molecule has 0 unspecified atom stereocenters. The fraction of sp³-hybridized carbons (Fsp3) is 0.130. The Labute approximate surface area is 183 Å². The zero-order chi connectivity index (χ0) is 22.7. The number of imidazole rings is 1. The van der Waals surface area contributed by atoms with E-state index in [1.165, 1.54) is 25.3 Å². The molecule has 1 amide bonds. The second kappa shape index (κ2) is 8.76. The van der Waals surface area contributed by atoms with Gasteiger partial charge in [-0.2, -0.15) is 0 Å². The summed E-state index contributed by atoms with van der Waals surface area (Å²) in [7, 11) is 1.49. The van der Waals surface area contributed by atoms with Gasteiger partial charge >= 0.3 is 5.69 Å². The summed E-state index contributed by atoms with van der Waals surface area (Å²) in [6, 6.07) is 17.0. The number of nitrogens with one attached hydrogen (secondary N) is 2. The van der Waals surface area contributed by atoms with Crippen LogP contribution < -0.4 is 14.8 Å². The zero-order valence-electron chi connectivity index (χ0n) is 17.4. The van der Waals surface area contributed by atoms with E-state index in [-0.39, 0.29) is 23.6 Å².